The fourth-order valence-corrected chi connectivity index (χ4v) is 2.89. The smallest absolute Gasteiger partial charge is 0.320 e. The third-order valence-corrected chi connectivity index (χ3v) is 3.67. The van der Waals surface area contributed by atoms with Gasteiger partial charge in [-0.2, -0.15) is 0 Å². The first kappa shape index (κ1) is 16.9. The highest BCUT2D eigenvalue weighted by atomic mass is 19.1. The molecule has 1 aliphatic rings. The van der Waals surface area contributed by atoms with Crippen LogP contribution in [0.15, 0.2) is 24.3 Å². The van der Waals surface area contributed by atoms with Crippen molar-refractivity contribution in [2.75, 3.05) is 19.6 Å². The van der Waals surface area contributed by atoms with Gasteiger partial charge in [0.25, 0.3) is 0 Å². The molecule has 122 valence electrons. The summed E-state index contributed by atoms with van der Waals surface area (Å²) in [6.45, 7) is 7.22. The third kappa shape index (κ3) is 5.07. The van der Waals surface area contributed by atoms with Gasteiger partial charge in [-0.1, -0.05) is 12.1 Å². The molecule has 2 N–H and O–H groups in total. The van der Waals surface area contributed by atoms with Crippen molar-refractivity contribution in [3.05, 3.63) is 35.6 Å². The number of benzene rings is 1. The molecule has 2 unspecified atom stereocenters. The first-order valence-corrected chi connectivity index (χ1v) is 7.68. The van der Waals surface area contributed by atoms with Crippen molar-refractivity contribution in [2.45, 2.75) is 44.8 Å². The average Bonchev–Trinajstić information content (AvgIpc) is 2.36. The number of carbonyl (C=O) groups is 1. The van der Waals surface area contributed by atoms with Crippen LogP contribution in [0.5, 0.6) is 0 Å². The van der Waals surface area contributed by atoms with Crippen LogP contribution < -0.4 is 5.73 Å². The number of nitrogens with zero attached hydrogens (tertiary/aromatic N) is 1. The van der Waals surface area contributed by atoms with Crippen molar-refractivity contribution in [1.82, 2.24) is 4.90 Å². The molecular formula is C17H25FN2O2. The summed E-state index contributed by atoms with van der Waals surface area (Å²) >= 11 is 0. The van der Waals surface area contributed by atoms with Gasteiger partial charge in [-0.3, -0.25) is 9.69 Å². The largest absolute Gasteiger partial charge is 0.459 e. The first-order chi connectivity index (χ1) is 10.2. The minimum Gasteiger partial charge on any atom is -0.459 e. The van der Waals surface area contributed by atoms with E-state index in [1.165, 1.54) is 12.1 Å². The standard InChI is InChI=1S/C17H25FN2O2/c1-17(2,3)22-16(21)11-20-9-13(8-15(19)10-20)12-4-6-14(18)7-5-12/h4-7,13,15H,8-11,19H2,1-3H3. The maximum absolute atomic E-state index is 13.0. The summed E-state index contributed by atoms with van der Waals surface area (Å²) in [5, 5.41) is 0. The molecule has 1 fully saturated rings. The Kier molecular flexibility index (Phi) is 5.19. The molecule has 1 saturated heterocycles. The number of nitrogens with two attached hydrogens (primary N) is 1. The van der Waals surface area contributed by atoms with E-state index in [4.69, 9.17) is 10.5 Å². The highest BCUT2D eigenvalue weighted by Crippen LogP contribution is 2.26. The Hall–Kier alpha value is -1.46. The molecule has 1 aliphatic heterocycles. The first-order valence-electron chi connectivity index (χ1n) is 7.68. The normalized spacial score (nSPS) is 23.3. The SMILES string of the molecule is CC(C)(C)OC(=O)CN1CC(N)CC(c2ccc(F)cc2)C1. The highest BCUT2D eigenvalue weighted by Gasteiger charge is 2.28. The molecule has 22 heavy (non-hydrogen) atoms. The lowest BCUT2D eigenvalue weighted by atomic mass is 9.88. The van der Waals surface area contributed by atoms with Crippen LogP contribution >= 0.6 is 0 Å². The van der Waals surface area contributed by atoms with Crippen molar-refractivity contribution in [2.24, 2.45) is 5.73 Å². The fraction of sp³-hybridized carbons (Fsp3) is 0.588. The van der Waals surface area contributed by atoms with Gasteiger partial charge in [0, 0.05) is 19.1 Å². The van der Waals surface area contributed by atoms with Crippen LogP contribution in [-0.4, -0.2) is 42.1 Å². The zero-order valence-electron chi connectivity index (χ0n) is 13.5. The second kappa shape index (κ2) is 6.75. The summed E-state index contributed by atoms with van der Waals surface area (Å²) in [5.74, 6) is -0.263. The van der Waals surface area contributed by atoms with Gasteiger partial charge in [0.05, 0.1) is 6.54 Å². The van der Waals surface area contributed by atoms with Gasteiger partial charge < -0.3 is 10.5 Å². The Morgan fingerprint density at radius 2 is 1.95 bits per heavy atom. The van der Waals surface area contributed by atoms with Crippen molar-refractivity contribution in [3.63, 3.8) is 0 Å². The van der Waals surface area contributed by atoms with Gasteiger partial charge in [0.15, 0.2) is 0 Å². The Morgan fingerprint density at radius 3 is 2.55 bits per heavy atom. The maximum atomic E-state index is 13.0. The summed E-state index contributed by atoms with van der Waals surface area (Å²) < 4.78 is 18.4. The van der Waals surface area contributed by atoms with Crippen LogP contribution in [0.1, 0.15) is 38.7 Å². The molecule has 5 heteroatoms. The minimum atomic E-state index is -0.481. The van der Waals surface area contributed by atoms with E-state index in [0.29, 0.717) is 6.54 Å². The summed E-state index contributed by atoms with van der Waals surface area (Å²) in [5.41, 5.74) is 6.70. The number of hydrogen-bond acceptors (Lipinski definition) is 4. The number of ether oxygens (including phenoxy) is 1. The number of esters is 1. The van der Waals surface area contributed by atoms with Crippen LogP contribution in [0, 0.1) is 5.82 Å². The molecule has 1 aromatic rings. The molecule has 0 spiro atoms. The lowest BCUT2D eigenvalue weighted by molar-refractivity contribution is -0.156. The molecule has 0 aromatic heterocycles. The van der Waals surface area contributed by atoms with E-state index in [9.17, 15) is 9.18 Å². The number of carbonyl (C=O) groups excluding carboxylic acids is 1. The lowest BCUT2D eigenvalue weighted by Gasteiger charge is -2.36. The molecule has 4 nitrogen and oxygen atoms in total. The van der Waals surface area contributed by atoms with E-state index < -0.39 is 5.60 Å². The van der Waals surface area contributed by atoms with Gasteiger partial charge >= 0.3 is 5.97 Å². The highest BCUT2D eigenvalue weighted by molar-refractivity contribution is 5.72. The van der Waals surface area contributed by atoms with Crippen molar-refractivity contribution in [1.29, 1.82) is 0 Å². The average molecular weight is 308 g/mol. The molecule has 1 aromatic carbocycles. The third-order valence-electron chi connectivity index (χ3n) is 3.67. The second-order valence-electron chi connectivity index (χ2n) is 7.02. The second-order valence-corrected chi connectivity index (χ2v) is 7.02. The quantitative estimate of drug-likeness (QED) is 0.871. The Labute approximate surface area is 131 Å². The summed E-state index contributed by atoms with van der Waals surface area (Å²) in [6.07, 6.45) is 0.844. The van der Waals surface area contributed by atoms with E-state index >= 15 is 0 Å². The lowest BCUT2D eigenvalue weighted by Crippen LogP contribution is -2.48. The number of rotatable bonds is 3. The minimum absolute atomic E-state index is 0.00578. The molecular weight excluding hydrogens is 283 g/mol. The maximum Gasteiger partial charge on any atom is 0.320 e. The van der Waals surface area contributed by atoms with Crippen LogP contribution in [0.25, 0.3) is 0 Å². The van der Waals surface area contributed by atoms with Crippen molar-refractivity contribution < 1.29 is 13.9 Å². The number of halogens is 1. The van der Waals surface area contributed by atoms with Crippen molar-refractivity contribution >= 4 is 5.97 Å². The van der Waals surface area contributed by atoms with Gasteiger partial charge in [0.2, 0.25) is 0 Å². The van der Waals surface area contributed by atoms with E-state index in [-0.39, 0.29) is 30.3 Å². The van der Waals surface area contributed by atoms with Crippen LogP contribution in [-0.2, 0) is 9.53 Å². The molecule has 2 rings (SSSR count). The van der Waals surface area contributed by atoms with Crippen LogP contribution in [0.4, 0.5) is 4.39 Å². The molecule has 0 saturated carbocycles. The summed E-state index contributed by atoms with van der Waals surface area (Å²) in [4.78, 5) is 14.0. The van der Waals surface area contributed by atoms with Crippen LogP contribution in [0.2, 0.25) is 0 Å². The number of hydrogen-bond donors (Lipinski definition) is 1. The van der Waals surface area contributed by atoms with Crippen LogP contribution in [0.3, 0.4) is 0 Å². The van der Waals surface area contributed by atoms with Crippen molar-refractivity contribution in [3.8, 4) is 0 Å². The van der Waals surface area contributed by atoms with Gasteiger partial charge in [-0.15, -0.1) is 0 Å². The van der Waals surface area contributed by atoms with Gasteiger partial charge in [-0.25, -0.2) is 4.39 Å². The summed E-state index contributed by atoms with van der Waals surface area (Å²) in [6, 6.07) is 6.53. The fourth-order valence-electron chi connectivity index (χ4n) is 2.89. The van der Waals surface area contributed by atoms with Gasteiger partial charge in [-0.05, 0) is 50.8 Å². The molecule has 0 amide bonds. The van der Waals surface area contributed by atoms with E-state index in [1.54, 1.807) is 12.1 Å². The monoisotopic (exact) mass is 308 g/mol. The van der Waals surface area contributed by atoms with E-state index in [0.717, 1.165) is 18.5 Å². The molecule has 2 atom stereocenters. The number of piperidine rings is 1. The molecule has 0 radical (unpaired) electrons. The Morgan fingerprint density at radius 1 is 1.32 bits per heavy atom. The Bertz CT molecular complexity index is 510. The zero-order valence-corrected chi connectivity index (χ0v) is 13.5. The predicted molar refractivity (Wildman–Crippen MR) is 84.0 cm³/mol. The molecule has 0 bridgehead atoms. The molecule has 1 heterocycles. The van der Waals surface area contributed by atoms with E-state index in [2.05, 4.69) is 0 Å². The zero-order chi connectivity index (χ0) is 16.3. The number of likely N-dealkylation sites (tertiary alicyclic amines) is 1. The van der Waals surface area contributed by atoms with Gasteiger partial charge in [0.1, 0.15) is 11.4 Å². The predicted octanol–water partition coefficient (Wildman–Crippen LogP) is 2.28. The topological polar surface area (TPSA) is 55.6 Å². The van der Waals surface area contributed by atoms with E-state index in [1.807, 2.05) is 25.7 Å². The Balaban J connectivity index is 1.99. The molecule has 0 aliphatic carbocycles. The summed E-state index contributed by atoms with van der Waals surface area (Å²) in [7, 11) is 0.